The molecular weight excluding hydrogens is 302 g/mol. The maximum Gasteiger partial charge on any atom is 0.321 e. The fourth-order valence-electron chi connectivity index (χ4n) is 1.62. The molecule has 0 spiro atoms. The van der Waals surface area contributed by atoms with Gasteiger partial charge in [0.2, 0.25) is 0 Å². The van der Waals surface area contributed by atoms with Gasteiger partial charge in [-0.2, -0.15) is 8.78 Å². The molecule has 0 aromatic heterocycles. The van der Waals surface area contributed by atoms with Gasteiger partial charge in [0.25, 0.3) is 5.76 Å². The first-order valence-electron chi connectivity index (χ1n) is 6.17. The second-order valence-corrected chi connectivity index (χ2v) is 5.33. The Morgan fingerprint density at radius 3 is 2.76 bits per heavy atom. The van der Waals surface area contributed by atoms with Crippen molar-refractivity contribution in [3.8, 4) is 0 Å². The predicted molar refractivity (Wildman–Crippen MR) is 77.8 cm³/mol. The first-order valence-corrected chi connectivity index (χ1v) is 7.05. The minimum absolute atomic E-state index is 0.0732. The molecule has 0 saturated carbocycles. The number of nitrogens with zero attached hydrogens (tertiary/aromatic N) is 1. The number of hydrogen-bond donors (Lipinski definition) is 2. The Hall–Kier alpha value is -1.38. The van der Waals surface area contributed by atoms with Crippen LogP contribution in [-0.2, 0) is 4.74 Å². The van der Waals surface area contributed by atoms with Gasteiger partial charge in [0, 0.05) is 19.1 Å². The van der Waals surface area contributed by atoms with E-state index in [1.54, 1.807) is 18.2 Å². The van der Waals surface area contributed by atoms with E-state index >= 15 is 0 Å². The number of thioether (sulfide) groups is 1. The minimum atomic E-state index is -2.57. The van der Waals surface area contributed by atoms with E-state index in [0.717, 1.165) is 0 Å². The van der Waals surface area contributed by atoms with E-state index in [2.05, 4.69) is 5.32 Å². The summed E-state index contributed by atoms with van der Waals surface area (Å²) in [5.41, 5.74) is 0.306. The fraction of sp³-hybridized carbons (Fsp3) is 0.462. The zero-order valence-corrected chi connectivity index (χ0v) is 12.6. The van der Waals surface area contributed by atoms with Crippen LogP contribution in [0.5, 0.6) is 0 Å². The predicted octanol–water partition coefficient (Wildman–Crippen LogP) is 2.47. The van der Waals surface area contributed by atoms with Crippen molar-refractivity contribution in [2.24, 2.45) is 0 Å². The number of hydrogen-bond acceptors (Lipinski definition) is 4. The first kappa shape index (κ1) is 17.7. The molecule has 0 unspecified atom stereocenters. The number of amides is 2. The lowest BCUT2D eigenvalue weighted by molar-refractivity contribution is 0.0501. The van der Waals surface area contributed by atoms with E-state index in [-0.39, 0.29) is 18.0 Å². The third-order valence-electron chi connectivity index (χ3n) is 2.54. The summed E-state index contributed by atoms with van der Waals surface area (Å²) < 4.78 is 29.7. The molecule has 5 nitrogen and oxygen atoms in total. The van der Waals surface area contributed by atoms with Crippen LogP contribution in [0, 0.1) is 0 Å². The van der Waals surface area contributed by atoms with Crippen molar-refractivity contribution in [3.63, 3.8) is 0 Å². The Balaban J connectivity index is 2.65. The van der Waals surface area contributed by atoms with Gasteiger partial charge in [0.05, 0.1) is 24.9 Å². The standard InChI is InChI=1S/C13H18F2N2O3S/c1-17(7-9(18)8-20-2)13(19)16-10-5-3-4-6-11(10)21-12(14)15/h3-6,9,12,18H,7-8H2,1-2H3,(H,16,19)/t9-/m1/s1. The van der Waals surface area contributed by atoms with Gasteiger partial charge < -0.3 is 20.1 Å². The summed E-state index contributed by atoms with van der Waals surface area (Å²) >= 11 is 0.365. The summed E-state index contributed by atoms with van der Waals surface area (Å²) in [6.45, 7) is 0.180. The van der Waals surface area contributed by atoms with Crippen molar-refractivity contribution in [3.05, 3.63) is 24.3 Å². The Labute approximate surface area is 126 Å². The lowest BCUT2D eigenvalue weighted by Crippen LogP contribution is -2.38. The first-order chi connectivity index (χ1) is 9.93. The molecule has 0 aliphatic rings. The Morgan fingerprint density at radius 2 is 2.14 bits per heavy atom. The monoisotopic (exact) mass is 320 g/mol. The van der Waals surface area contributed by atoms with Crippen LogP contribution in [0.15, 0.2) is 29.2 Å². The molecule has 118 valence electrons. The fourth-order valence-corrected chi connectivity index (χ4v) is 2.22. The molecule has 1 aromatic carbocycles. The highest BCUT2D eigenvalue weighted by molar-refractivity contribution is 7.99. The van der Waals surface area contributed by atoms with E-state index in [1.807, 2.05) is 0 Å². The normalized spacial score (nSPS) is 12.3. The smallest absolute Gasteiger partial charge is 0.321 e. The zero-order valence-electron chi connectivity index (χ0n) is 11.8. The molecule has 0 fully saturated rings. The van der Waals surface area contributed by atoms with Crippen molar-refractivity contribution in [2.45, 2.75) is 16.8 Å². The zero-order chi connectivity index (χ0) is 15.8. The summed E-state index contributed by atoms with van der Waals surface area (Å²) in [6.07, 6.45) is -0.809. The molecule has 0 bridgehead atoms. The summed E-state index contributed by atoms with van der Waals surface area (Å²) in [7, 11) is 2.94. The molecule has 0 heterocycles. The van der Waals surface area contributed by atoms with E-state index < -0.39 is 17.9 Å². The van der Waals surface area contributed by atoms with Crippen LogP contribution < -0.4 is 5.32 Å². The number of nitrogens with one attached hydrogen (secondary N) is 1. The second kappa shape index (κ2) is 8.81. The van der Waals surface area contributed by atoms with Gasteiger partial charge in [0.1, 0.15) is 0 Å². The van der Waals surface area contributed by atoms with Crippen LogP contribution >= 0.6 is 11.8 Å². The maximum atomic E-state index is 12.4. The lowest BCUT2D eigenvalue weighted by Gasteiger charge is -2.21. The van der Waals surface area contributed by atoms with Crippen LogP contribution in [-0.4, -0.2) is 55.2 Å². The lowest BCUT2D eigenvalue weighted by atomic mass is 10.3. The minimum Gasteiger partial charge on any atom is -0.389 e. The number of alkyl halides is 2. The number of rotatable bonds is 7. The Bertz CT molecular complexity index is 463. The van der Waals surface area contributed by atoms with Crippen LogP contribution in [0.25, 0.3) is 0 Å². The number of halogens is 2. The van der Waals surface area contributed by atoms with Crippen molar-refractivity contribution in [1.29, 1.82) is 0 Å². The molecular formula is C13H18F2N2O3S. The molecule has 0 aliphatic heterocycles. The van der Waals surface area contributed by atoms with Gasteiger partial charge in [0.15, 0.2) is 0 Å². The average molecular weight is 320 g/mol. The SMILES string of the molecule is COC[C@H](O)CN(C)C(=O)Nc1ccccc1SC(F)F. The number of carbonyl (C=O) groups excluding carboxylic acids is 1. The molecule has 1 rings (SSSR count). The van der Waals surface area contributed by atoms with Gasteiger partial charge >= 0.3 is 6.03 Å². The summed E-state index contributed by atoms with van der Waals surface area (Å²) in [4.78, 5) is 13.5. The number of ether oxygens (including phenoxy) is 1. The number of benzene rings is 1. The van der Waals surface area contributed by atoms with Crippen molar-refractivity contribution in [2.75, 3.05) is 32.6 Å². The number of aliphatic hydroxyl groups excluding tert-OH is 1. The van der Waals surface area contributed by atoms with E-state index in [9.17, 15) is 18.7 Å². The quantitative estimate of drug-likeness (QED) is 0.758. The summed E-state index contributed by atoms with van der Waals surface area (Å²) in [6, 6.07) is 5.82. The van der Waals surface area contributed by atoms with Gasteiger partial charge in [-0.05, 0) is 12.1 Å². The van der Waals surface area contributed by atoms with Crippen molar-refractivity contribution >= 4 is 23.5 Å². The number of para-hydroxylation sites is 1. The Morgan fingerprint density at radius 1 is 1.48 bits per heavy atom. The van der Waals surface area contributed by atoms with Crippen LogP contribution in [0.4, 0.5) is 19.3 Å². The molecule has 0 radical (unpaired) electrons. The van der Waals surface area contributed by atoms with E-state index in [1.165, 1.54) is 25.1 Å². The van der Waals surface area contributed by atoms with Crippen LogP contribution in [0.2, 0.25) is 0 Å². The molecule has 0 saturated heterocycles. The molecule has 1 atom stereocenters. The van der Waals surface area contributed by atoms with Gasteiger partial charge in [-0.15, -0.1) is 0 Å². The number of anilines is 1. The third-order valence-corrected chi connectivity index (χ3v) is 3.32. The topological polar surface area (TPSA) is 61.8 Å². The largest absolute Gasteiger partial charge is 0.389 e. The summed E-state index contributed by atoms with van der Waals surface area (Å²) in [5, 5.41) is 12.1. The number of aliphatic hydroxyl groups is 1. The highest BCUT2D eigenvalue weighted by Crippen LogP contribution is 2.31. The highest BCUT2D eigenvalue weighted by atomic mass is 32.2. The Kier molecular flexibility index (Phi) is 7.41. The van der Waals surface area contributed by atoms with E-state index in [4.69, 9.17) is 4.74 Å². The summed E-state index contributed by atoms with van der Waals surface area (Å²) in [5.74, 6) is -2.57. The second-order valence-electron chi connectivity index (χ2n) is 4.29. The number of carbonyl (C=O) groups is 1. The average Bonchev–Trinajstić information content (AvgIpc) is 2.40. The number of urea groups is 1. The molecule has 1 aromatic rings. The molecule has 0 aliphatic carbocycles. The van der Waals surface area contributed by atoms with E-state index in [0.29, 0.717) is 17.4 Å². The van der Waals surface area contributed by atoms with Gasteiger partial charge in [-0.25, -0.2) is 4.79 Å². The molecule has 2 N–H and O–H groups in total. The highest BCUT2D eigenvalue weighted by Gasteiger charge is 2.16. The molecule has 21 heavy (non-hydrogen) atoms. The van der Waals surface area contributed by atoms with Gasteiger partial charge in [-0.3, -0.25) is 0 Å². The number of methoxy groups -OCH3 is 1. The van der Waals surface area contributed by atoms with Gasteiger partial charge in [-0.1, -0.05) is 23.9 Å². The number of likely N-dealkylation sites (N-methyl/N-ethyl adjacent to an activating group) is 1. The van der Waals surface area contributed by atoms with Crippen molar-refractivity contribution in [1.82, 2.24) is 4.90 Å². The van der Waals surface area contributed by atoms with Crippen LogP contribution in [0.3, 0.4) is 0 Å². The van der Waals surface area contributed by atoms with Crippen LogP contribution in [0.1, 0.15) is 0 Å². The molecule has 2 amide bonds. The maximum absolute atomic E-state index is 12.4. The van der Waals surface area contributed by atoms with Crippen molar-refractivity contribution < 1.29 is 23.4 Å². The molecule has 8 heteroatoms. The third kappa shape index (κ3) is 6.28.